The van der Waals surface area contributed by atoms with Crippen LogP contribution in [0.4, 0.5) is 4.39 Å². The van der Waals surface area contributed by atoms with E-state index in [1.807, 2.05) is 19.0 Å². The van der Waals surface area contributed by atoms with Gasteiger partial charge in [-0.05, 0) is 51.2 Å². The van der Waals surface area contributed by atoms with Crippen LogP contribution in [0.1, 0.15) is 23.2 Å². The van der Waals surface area contributed by atoms with Gasteiger partial charge in [0, 0.05) is 18.2 Å². The number of hydrogen-bond donors (Lipinski definition) is 1. The number of nitrogens with zero attached hydrogens (tertiary/aromatic N) is 2. The molecule has 0 aliphatic carbocycles. The molecule has 1 aromatic rings. The average molecular weight is 294 g/mol. The highest BCUT2D eigenvalue weighted by molar-refractivity contribution is 5.96. The summed E-state index contributed by atoms with van der Waals surface area (Å²) < 4.78 is 12.9. The lowest BCUT2D eigenvalue weighted by Gasteiger charge is -2.39. The standard InChI is InChI=1S/C15H19FN2O3/c1-17(2)12-7-8-18(13(9-12)15(20)21)14(19)10-3-5-11(16)6-4-10/h3-6,12-13H,7-9H2,1-2H3,(H,20,21)/t12-,13-/m1/s1. The van der Waals surface area contributed by atoms with Crippen LogP contribution < -0.4 is 0 Å². The van der Waals surface area contributed by atoms with Crippen molar-refractivity contribution in [2.45, 2.75) is 24.9 Å². The van der Waals surface area contributed by atoms with E-state index in [0.717, 1.165) is 6.42 Å². The first-order valence-corrected chi connectivity index (χ1v) is 6.86. The zero-order valence-corrected chi connectivity index (χ0v) is 12.1. The predicted octanol–water partition coefficient (Wildman–Crippen LogP) is 1.45. The summed E-state index contributed by atoms with van der Waals surface area (Å²) in [6.45, 7) is 0.385. The van der Waals surface area contributed by atoms with E-state index in [4.69, 9.17) is 0 Å². The van der Waals surface area contributed by atoms with Crippen LogP contribution in [0.15, 0.2) is 24.3 Å². The van der Waals surface area contributed by atoms with Gasteiger partial charge >= 0.3 is 5.97 Å². The Morgan fingerprint density at radius 1 is 1.29 bits per heavy atom. The number of aliphatic carboxylic acids is 1. The fraction of sp³-hybridized carbons (Fsp3) is 0.467. The molecular weight excluding hydrogens is 275 g/mol. The number of carbonyl (C=O) groups excluding carboxylic acids is 1. The van der Waals surface area contributed by atoms with E-state index in [9.17, 15) is 19.1 Å². The molecule has 0 aromatic heterocycles. The highest BCUT2D eigenvalue weighted by atomic mass is 19.1. The molecule has 0 radical (unpaired) electrons. The van der Waals surface area contributed by atoms with E-state index in [1.165, 1.54) is 29.2 Å². The molecular formula is C15H19FN2O3. The van der Waals surface area contributed by atoms with Crippen molar-refractivity contribution in [3.05, 3.63) is 35.6 Å². The van der Waals surface area contributed by atoms with Crippen molar-refractivity contribution < 1.29 is 19.1 Å². The second-order valence-electron chi connectivity index (χ2n) is 5.50. The number of amides is 1. The Morgan fingerprint density at radius 2 is 1.90 bits per heavy atom. The number of halogens is 1. The van der Waals surface area contributed by atoms with Gasteiger partial charge in [-0.15, -0.1) is 0 Å². The third kappa shape index (κ3) is 3.39. The molecule has 0 bridgehead atoms. The van der Waals surface area contributed by atoms with E-state index < -0.39 is 17.8 Å². The molecule has 1 aromatic carbocycles. The number of carboxylic acids is 1. The quantitative estimate of drug-likeness (QED) is 0.916. The van der Waals surface area contributed by atoms with Crippen molar-refractivity contribution in [2.24, 2.45) is 0 Å². The molecule has 1 aliphatic heterocycles. The van der Waals surface area contributed by atoms with Gasteiger partial charge in [0.2, 0.25) is 0 Å². The minimum Gasteiger partial charge on any atom is -0.480 e. The summed E-state index contributed by atoms with van der Waals surface area (Å²) >= 11 is 0. The van der Waals surface area contributed by atoms with Crippen LogP contribution in [0.5, 0.6) is 0 Å². The zero-order chi connectivity index (χ0) is 15.6. The molecule has 1 heterocycles. The Bertz CT molecular complexity index is 530. The van der Waals surface area contributed by atoms with E-state index in [-0.39, 0.29) is 11.9 Å². The fourth-order valence-corrected chi connectivity index (χ4v) is 2.65. The first-order valence-electron chi connectivity index (χ1n) is 6.86. The van der Waals surface area contributed by atoms with Gasteiger partial charge in [-0.1, -0.05) is 0 Å². The van der Waals surface area contributed by atoms with Crippen molar-refractivity contribution in [1.29, 1.82) is 0 Å². The van der Waals surface area contributed by atoms with Crippen molar-refractivity contribution in [3.63, 3.8) is 0 Å². The number of piperidine rings is 1. The maximum Gasteiger partial charge on any atom is 0.326 e. The molecule has 5 nitrogen and oxygen atoms in total. The van der Waals surface area contributed by atoms with Crippen LogP contribution in [-0.2, 0) is 4.79 Å². The highest BCUT2D eigenvalue weighted by Gasteiger charge is 2.37. The van der Waals surface area contributed by atoms with Gasteiger partial charge in [-0.25, -0.2) is 9.18 Å². The molecule has 21 heavy (non-hydrogen) atoms. The number of carboxylic acid groups (broad SMARTS) is 1. The lowest BCUT2D eigenvalue weighted by atomic mass is 9.95. The largest absolute Gasteiger partial charge is 0.480 e. The Hall–Kier alpha value is -1.95. The van der Waals surface area contributed by atoms with Crippen LogP contribution in [0, 0.1) is 5.82 Å². The van der Waals surface area contributed by atoms with E-state index in [1.54, 1.807) is 0 Å². The summed E-state index contributed by atoms with van der Waals surface area (Å²) in [7, 11) is 3.81. The molecule has 0 saturated carbocycles. The van der Waals surface area contributed by atoms with E-state index in [2.05, 4.69) is 0 Å². The Kier molecular flexibility index (Phi) is 4.57. The molecule has 1 saturated heterocycles. The number of rotatable bonds is 3. The normalized spacial score (nSPS) is 22.4. The summed E-state index contributed by atoms with van der Waals surface area (Å²) in [5, 5.41) is 9.38. The fourth-order valence-electron chi connectivity index (χ4n) is 2.65. The molecule has 1 fully saturated rings. The maximum absolute atomic E-state index is 12.9. The Labute approximate surface area is 123 Å². The minimum absolute atomic E-state index is 0.142. The summed E-state index contributed by atoms with van der Waals surface area (Å²) in [4.78, 5) is 27.2. The average Bonchev–Trinajstić information content (AvgIpc) is 2.46. The SMILES string of the molecule is CN(C)[C@@H]1CCN(C(=O)c2ccc(F)cc2)[C@@H](C(=O)O)C1. The molecule has 6 heteroatoms. The minimum atomic E-state index is -1.00. The Balaban J connectivity index is 2.19. The molecule has 1 aliphatic rings. The predicted molar refractivity (Wildman–Crippen MR) is 75.6 cm³/mol. The third-order valence-corrected chi connectivity index (χ3v) is 3.94. The van der Waals surface area contributed by atoms with Gasteiger partial charge < -0.3 is 14.9 Å². The maximum atomic E-state index is 12.9. The highest BCUT2D eigenvalue weighted by Crippen LogP contribution is 2.23. The van der Waals surface area contributed by atoms with Crippen molar-refractivity contribution in [2.75, 3.05) is 20.6 Å². The molecule has 1 amide bonds. The number of hydrogen-bond acceptors (Lipinski definition) is 3. The topological polar surface area (TPSA) is 60.9 Å². The smallest absolute Gasteiger partial charge is 0.326 e. The summed E-state index contributed by atoms with van der Waals surface area (Å²) in [5.41, 5.74) is 0.311. The lowest BCUT2D eigenvalue weighted by Crippen LogP contribution is -2.53. The monoisotopic (exact) mass is 294 g/mol. The van der Waals surface area contributed by atoms with Crippen molar-refractivity contribution in [3.8, 4) is 0 Å². The van der Waals surface area contributed by atoms with Gasteiger partial charge in [-0.2, -0.15) is 0 Å². The first kappa shape index (κ1) is 15.4. The number of benzene rings is 1. The van der Waals surface area contributed by atoms with Crippen LogP contribution in [0.25, 0.3) is 0 Å². The molecule has 2 atom stereocenters. The molecule has 0 spiro atoms. The van der Waals surface area contributed by atoms with E-state index >= 15 is 0 Å². The lowest BCUT2D eigenvalue weighted by molar-refractivity contribution is -0.144. The molecule has 114 valence electrons. The van der Waals surface area contributed by atoms with Crippen LogP contribution in [0.2, 0.25) is 0 Å². The van der Waals surface area contributed by atoms with Crippen LogP contribution in [0.3, 0.4) is 0 Å². The van der Waals surface area contributed by atoms with Gasteiger partial charge in [-0.3, -0.25) is 4.79 Å². The van der Waals surface area contributed by atoms with Gasteiger partial charge in [0.1, 0.15) is 11.9 Å². The second-order valence-corrected chi connectivity index (χ2v) is 5.50. The van der Waals surface area contributed by atoms with Crippen LogP contribution in [-0.4, -0.2) is 59.5 Å². The third-order valence-electron chi connectivity index (χ3n) is 3.94. The number of likely N-dealkylation sites (tertiary alicyclic amines) is 1. The van der Waals surface area contributed by atoms with Gasteiger partial charge in [0.15, 0.2) is 0 Å². The number of carbonyl (C=O) groups is 2. The van der Waals surface area contributed by atoms with Gasteiger partial charge in [0.05, 0.1) is 0 Å². The summed E-state index contributed by atoms with van der Waals surface area (Å²) in [6, 6.07) is 4.47. The second kappa shape index (κ2) is 6.22. The molecule has 0 unspecified atom stereocenters. The summed E-state index contributed by atoms with van der Waals surface area (Å²) in [5.74, 6) is -1.79. The Morgan fingerprint density at radius 3 is 2.43 bits per heavy atom. The zero-order valence-electron chi connectivity index (χ0n) is 12.1. The van der Waals surface area contributed by atoms with Gasteiger partial charge in [0.25, 0.3) is 5.91 Å². The molecule has 2 rings (SSSR count). The summed E-state index contributed by atoms with van der Waals surface area (Å²) in [6.07, 6.45) is 1.12. The van der Waals surface area contributed by atoms with E-state index in [0.29, 0.717) is 18.5 Å². The van der Waals surface area contributed by atoms with Crippen molar-refractivity contribution in [1.82, 2.24) is 9.80 Å². The first-order chi connectivity index (χ1) is 9.90. The molecule has 1 N–H and O–H groups in total. The van der Waals surface area contributed by atoms with Crippen molar-refractivity contribution >= 4 is 11.9 Å². The van der Waals surface area contributed by atoms with Crippen LogP contribution >= 0.6 is 0 Å².